The van der Waals surface area contributed by atoms with Crippen LogP contribution in [0.5, 0.6) is 0 Å². The topological polar surface area (TPSA) is 86.8 Å². The fourth-order valence-corrected chi connectivity index (χ4v) is 6.23. The van der Waals surface area contributed by atoms with E-state index in [2.05, 4.69) is 21.2 Å². The molecule has 1 atom stereocenters. The van der Waals surface area contributed by atoms with Crippen LogP contribution in [-0.4, -0.2) is 43.8 Å². The van der Waals surface area contributed by atoms with Crippen LogP contribution in [-0.2, 0) is 26.2 Å². The molecule has 0 bridgehead atoms. The zero-order chi connectivity index (χ0) is 28.9. The summed E-state index contributed by atoms with van der Waals surface area (Å²) in [7, 11) is -4.22. The quantitative estimate of drug-likeness (QED) is 0.282. The van der Waals surface area contributed by atoms with E-state index >= 15 is 0 Å². The Hall–Kier alpha value is -2.59. The van der Waals surface area contributed by atoms with Crippen molar-refractivity contribution >= 4 is 66.7 Å². The molecule has 0 aliphatic heterocycles. The number of benzene rings is 3. The summed E-state index contributed by atoms with van der Waals surface area (Å²) in [6.07, 6.45) is 0. The minimum Gasteiger partial charge on any atom is -0.352 e. The summed E-state index contributed by atoms with van der Waals surface area (Å²) in [6, 6.07) is 17.0. The molecule has 0 aliphatic rings. The molecule has 2 amide bonds. The average Bonchev–Trinajstić information content (AvgIpc) is 2.84. The van der Waals surface area contributed by atoms with Crippen LogP contribution in [0.2, 0.25) is 10.0 Å². The molecule has 3 aromatic carbocycles. The van der Waals surface area contributed by atoms with Crippen molar-refractivity contribution in [3.8, 4) is 0 Å². The van der Waals surface area contributed by atoms with Crippen molar-refractivity contribution in [2.75, 3.05) is 10.8 Å². The van der Waals surface area contributed by atoms with E-state index in [0.29, 0.717) is 0 Å². The van der Waals surface area contributed by atoms with Crippen molar-refractivity contribution in [1.29, 1.82) is 0 Å². The molecular formula is C28H30BrCl2N3O4S. The predicted molar refractivity (Wildman–Crippen MR) is 160 cm³/mol. The first-order chi connectivity index (χ1) is 18.3. The molecule has 0 aromatic heterocycles. The molecule has 1 N–H and O–H groups in total. The highest BCUT2D eigenvalue weighted by Crippen LogP contribution is 2.30. The number of aryl methyl sites for hydroxylation is 1. The van der Waals surface area contributed by atoms with Gasteiger partial charge in [-0.25, -0.2) is 8.42 Å². The molecule has 39 heavy (non-hydrogen) atoms. The molecule has 11 heteroatoms. The van der Waals surface area contributed by atoms with Gasteiger partial charge in [0.1, 0.15) is 12.6 Å². The first-order valence-electron chi connectivity index (χ1n) is 12.2. The zero-order valence-electron chi connectivity index (χ0n) is 22.0. The number of nitrogens with zero attached hydrogens (tertiary/aromatic N) is 2. The van der Waals surface area contributed by atoms with Crippen LogP contribution in [0.3, 0.4) is 0 Å². The second-order valence-electron chi connectivity index (χ2n) is 9.44. The maximum Gasteiger partial charge on any atom is 0.264 e. The molecule has 3 aromatic rings. The smallest absolute Gasteiger partial charge is 0.264 e. The van der Waals surface area contributed by atoms with Crippen LogP contribution >= 0.6 is 39.1 Å². The minimum absolute atomic E-state index is 0.00105. The molecule has 0 aliphatic carbocycles. The Balaban J connectivity index is 2.07. The normalized spacial score (nSPS) is 12.2. The molecule has 0 heterocycles. The summed E-state index contributed by atoms with van der Waals surface area (Å²) in [5, 5.41) is 3.25. The number of rotatable bonds is 10. The number of hydrogen-bond acceptors (Lipinski definition) is 4. The van der Waals surface area contributed by atoms with Gasteiger partial charge in [0.2, 0.25) is 11.8 Å². The van der Waals surface area contributed by atoms with Gasteiger partial charge in [0.15, 0.2) is 0 Å². The number of halogens is 3. The Bertz CT molecular complexity index is 1430. The molecule has 1 unspecified atom stereocenters. The highest BCUT2D eigenvalue weighted by Gasteiger charge is 2.33. The van der Waals surface area contributed by atoms with Crippen LogP contribution in [0.25, 0.3) is 0 Å². The Kier molecular flexibility index (Phi) is 10.5. The summed E-state index contributed by atoms with van der Waals surface area (Å²) < 4.78 is 29.5. The van der Waals surface area contributed by atoms with Gasteiger partial charge >= 0.3 is 0 Å². The van der Waals surface area contributed by atoms with Gasteiger partial charge < -0.3 is 10.2 Å². The summed E-state index contributed by atoms with van der Waals surface area (Å²) >= 11 is 15.9. The molecule has 208 valence electrons. The molecular weight excluding hydrogens is 625 g/mol. The summed E-state index contributed by atoms with van der Waals surface area (Å²) in [5.41, 5.74) is 1.77. The third-order valence-corrected chi connectivity index (χ3v) is 8.58. The number of sulfonamides is 1. The third-order valence-electron chi connectivity index (χ3n) is 5.86. The van der Waals surface area contributed by atoms with Crippen LogP contribution in [0.15, 0.2) is 76.1 Å². The fraction of sp³-hybridized carbons (Fsp3) is 0.286. The van der Waals surface area contributed by atoms with Gasteiger partial charge in [-0.3, -0.25) is 13.9 Å². The first-order valence-corrected chi connectivity index (χ1v) is 15.2. The highest BCUT2D eigenvalue weighted by molar-refractivity contribution is 9.10. The van der Waals surface area contributed by atoms with E-state index in [4.69, 9.17) is 23.2 Å². The Labute approximate surface area is 248 Å². The average molecular weight is 655 g/mol. The van der Waals surface area contributed by atoms with Crippen LogP contribution in [0.4, 0.5) is 5.69 Å². The summed E-state index contributed by atoms with van der Waals surface area (Å²) in [5.74, 6) is -0.930. The lowest BCUT2D eigenvalue weighted by Crippen LogP contribution is -2.52. The van der Waals surface area contributed by atoms with Gasteiger partial charge in [0.05, 0.1) is 10.6 Å². The lowest BCUT2D eigenvalue weighted by atomic mass is 10.1. The zero-order valence-corrected chi connectivity index (χ0v) is 25.9. The SMILES string of the molecule is Cc1ccc(S(=O)(=O)N(CC(=O)N(Cc2cccc(Br)c2)C(C)C(=O)NC(C)C)c2cc(Cl)cc(Cl)c2)cc1. The number of anilines is 1. The molecule has 7 nitrogen and oxygen atoms in total. The molecule has 0 saturated carbocycles. The van der Waals surface area contributed by atoms with Crippen molar-refractivity contribution in [1.82, 2.24) is 10.2 Å². The number of hydrogen-bond donors (Lipinski definition) is 1. The molecule has 0 fully saturated rings. The second kappa shape index (κ2) is 13.2. The maximum atomic E-state index is 13.9. The van der Waals surface area contributed by atoms with E-state index in [1.165, 1.54) is 35.2 Å². The van der Waals surface area contributed by atoms with E-state index in [9.17, 15) is 18.0 Å². The molecule has 0 radical (unpaired) electrons. The maximum absolute atomic E-state index is 13.9. The van der Waals surface area contributed by atoms with Crippen molar-refractivity contribution < 1.29 is 18.0 Å². The van der Waals surface area contributed by atoms with Crippen molar-refractivity contribution in [2.45, 2.75) is 51.2 Å². The van der Waals surface area contributed by atoms with E-state index in [-0.39, 0.29) is 39.1 Å². The third kappa shape index (κ3) is 8.20. The summed E-state index contributed by atoms with van der Waals surface area (Å²) in [6.45, 7) is 6.61. The second-order valence-corrected chi connectivity index (χ2v) is 13.1. The van der Waals surface area contributed by atoms with Gasteiger partial charge in [-0.05, 0) is 75.7 Å². The Morgan fingerprint density at radius 1 is 0.949 bits per heavy atom. The fourth-order valence-electron chi connectivity index (χ4n) is 3.87. The van der Waals surface area contributed by atoms with Gasteiger partial charge in [0.25, 0.3) is 10.0 Å². The van der Waals surface area contributed by atoms with Gasteiger partial charge in [0, 0.05) is 27.1 Å². The minimum atomic E-state index is -4.22. The largest absolute Gasteiger partial charge is 0.352 e. The number of carbonyl (C=O) groups is 2. The van der Waals surface area contributed by atoms with Crippen LogP contribution < -0.4 is 9.62 Å². The van der Waals surface area contributed by atoms with Gasteiger partial charge in [-0.2, -0.15) is 0 Å². The van der Waals surface area contributed by atoms with E-state index in [1.54, 1.807) is 19.1 Å². The summed E-state index contributed by atoms with van der Waals surface area (Å²) in [4.78, 5) is 28.2. The van der Waals surface area contributed by atoms with Gasteiger partial charge in [-0.1, -0.05) is 69.0 Å². The number of carbonyl (C=O) groups excluding carboxylic acids is 2. The standard InChI is InChI=1S/C28H30BrCl2N3O4S/c1-18(2)32-28(36)20(4)33(16-21-6-5-7-22(29)12-21)27(35)17-34(25-14-23(30)13-24(31)15-25)39(37,38)26-10-8-19(3)9-11-26/h5-15,18,20H,16-17H2,1-4H3,(H,32,36). The van der Waals surface area contributed by atoms with Crippen LogP contribution in [0.1, 0.15) is 31.9 Å². The number of amides is 2. The Morgan fingerprint density at radius 2 is 1.56 bits per heavy atom. The molecule has 0 spiro atoms. The Morgan fingerprint density at radius 3 is 2.13 bits per heavy atom. The van der Waals surface area contributed by atoms with E-state index in [1.807, 2.05) is 45.0 Å². The van der Waals surface area contributed by atoms with Crippen molar-refractivity contribution in [2.24, 2.45) is 0 Å². The van der Waals surface area contributed by atoms with Crippen LogP contribution in [0, 0.1) is 6.92 Å². The van der Waals surface area contributed by atoms with Gasteiger partial charge in [-0.15, -0.1) is 0 Å². The van der Waals surface area contributed by atoms with Crippen molar-refractivity contribution in [3.05, 3.63) is 92.4 Å². The lowest BCUT2D eigenvalue weighted by Gasteiger charge is -2.32. The lowest BCUT2D eigenvalue weighted by molar-refractivity contribution is -0.139. The first kappa shape index (κ1) is 30.9. The van der Waals surface area contributed by atoms with E-state index < -0.39 is 28.5 Å². The highest BCUT2D eigenvalue weighted by atomic mass is 79.9. The number of nitrogens with one attached hydrogen (secondary N) is 1. The molecule has 0 saturated heterocycles. The predicted octanol–water partition coefficient (Wildman–Crippen LogP) is 6.20. The van der Waals surface area contributed by atoms with E-state index in [0.717, 1.165) is 19.9 Å². The van der Waals surface area contributed by atoms with Crippen molar-refractivity contribution in [3.63, 3.8) is 0 Å². The molecule has 3 rings (SSSR count). The monoisotopic (exact) mass is 653 g/mol.